The SMILES string of the molecule is Cl.NCCNS(=O)(=O)c1cccc([N+](=O)[O-])c1. The molecule has 0 aliphatic heterocycles. The van der Waals surface area contributed by atoms with Crippen molar-refractivity contribution in [2.45, 2.75) is 4.90 Å². The first-order valence-electron chi connectivity index (χ1n) is 4.41. The molecule has 0 aromatic heterocycles. The van der Waals surface area contributed by atoms with Crippen LogP contribution in [0.4, 0.5) is 5.69 Å². The fraction of sp³-hybridized carbons (Fsp3) is 0.250. The van der Waals surface area contributed by atoms with Crippen LogP contribution >= 0.6 is 12.4 Å². The van der Waals surface area contributed by atoms with E-state index in [1.807, 2.05) is 0 Å². The maximum absolute atomic E-state index is 11.6. The zero-order chi connectivity index (χ0) is 12.2. The molecule has 0 fully saturated rings. The van der Waals surface area contributed by atoms with Gasteiger partial charge in [0.05, 0.1) is 9.82 Å². The number of benzene rings is 1. The van der Waals surface area contributed by atoms with Crippen LogP contribution in [0.15, 0.2) is 29.2 Å². The summed E-state index contributed by atoms with van der Waals surface area (Å²) in [6.45, 7) is 0.249. The van der Waals surface area contributed by atoms with E-state index in [2.05, 4.69) is 4.72 Å². The Morgan fingerprint density at radius 2 is 2.06 bits per heavy atom. The van der Waals surface area contributed by atoms with Gasteiger partial charge in [0.25, 0.3) is 5.69 Å². The molecule has 0 atom stereocenters. The number of hydrogen-bond acceptors (Lipinski definition) is 5. The molecule has 9 heteroatoms. The summed E-state index contributed by atoms with van der Waals surface area (Å²) in [4.78, 5) is 9.67. The van der Waals surface area contributed by atoms with Crippen LogP contribution in [0.5, 0.6) is 0 Å². The number of nitrogens with zero attached hydrogens (tertiary/aromatic N) is 1. The van der Waals surface area contributed by atoms with E-state index in [-0.39, 0.29) is 36.1 Å². The normalized spacial score (nSPS) is 10.6. The molecule has 0 bridgehead atoms. The van der Waals surface area contributed by atoms with Gasteiger partial charge in [-0.2, -0.15) is 0 Å². The minimum absolute atomic E-state index is 0. The topological polar surface area (TPSA) is 115 Å². The second kappa shape index (κ2) is 6.50. The smallest absolute Gasteiger partial charge is 0.270 e. The Labute approximate surface area is 105 Å². The predicted molar refractivity (Wildman–Crippen MR) is 64.6 cm³/mol. The molecule has 0 radical (unpaired) electrons. The molecule has 0 spiro atoms. The van der Waals surface area contributed by atoms with Crippen LogP contribution < -0.4 is 10.5 Å². The molecule has 1 rings (SSSR count). The van der Waals surface area contributed by atoms with Crippen LogP contribution in [0.2, 0.25) is 0 Å². The van der Waals surface area contributed by atoms with Crippen molar-refractivity contribution in [2.24, 2.45) is 5.73 Å². The summed E-state index contributed by atoms with van der Waals surface area (Å²) >= 11 is 0. The highest BCUT2D eigenvalue weighted by atomic mass is 35.5. The van der Waals surface area contributed by atoms with E-state index < -0.39 is 14.9 Å². The highest BCUT2D eigenvalue weighted by Crippen LogP contribution is 2.16. The average Bonchev–Trinajstić information content (AvgIpc) is 2.26. The van der Waals surface area contributed by atoms with Gasteiger partial charge in [-0.1, -0.05) is 6.07 Å². The minimum Gasteiger partial charge on any atom is -0.329 e. The lowest BCUT2D eigenvalue weighted by molar-refractivity contribution is -0.385. The van der Waals surface area contributed by atoms with Crippen LogP contribution in [0.3, 0.4) is 0 Å². The van der Waals surface area contributed by atoms with Crippen molar-refractivity contribution < 1.29 is 13.3 Å². The Morgan fingerprint density at radius 1 is 1.41 bits per heavy atom. The molecule has 0 aliphatic carbocycles. The molecule has 7 nitrogen and oxygen atoms in total. The number of nitro benzene ring substituents is 1. The van der Waals surface area contributed by atoms with Crippen molar-refractivity contribution in [3.8, 4) is 0 Å². The number of nitro groups is 1. The van der Waals surface area contributed by atoms with Gasteiger partial charge >= 0.3 is 0 Å². The summed E-state index contributed by atoms with van der Waals surface area (Å²) in [5, 5.41) is 10.5. The molecular weight excluding hydrogens is 270 g/mol. The number of nitrogens with one attached hydrogen (secondary N) is 1. The van der Waals surface area contributed by atoms with Crippen molar-refractivity contribution in [3.05, 3.63) is 34.4 Å². The molecular formula is C8H12ClN3O4S. The summed E-state index contributed by atoms with van der Waals surface area (Å²) in [6.07, 6.45) is 0. The second-order valence-electron chi connectivity index (χ2n) is 2.94. The standard InChI is InChI=1S/C8H11N3O4S.ClH/c9-4-5-10-16(14,15)8-3-1-2-7(6-8)11(12)13;/h1-3,6,10H,4-5,9H2;1H. The Balaban J connectivity index is 0.00000256. The van der Waals surface area contributed by atoms with Crippen LogP contribution in [-0.2, 0) is 10.0 Å². The van der Waals surface area contributed by atoms with Crippen LogP contribution in [0, 0.1) is 10.1 Å². The molecule has 1 aromatic rings. The number of sulfonamides is 1. The minimum atomic E-state index is -3.71. The second-order valence-corrected chi connectivity index (χ2v) is 4.71. The Hall–Kier alpha value is -1.22. The van der Waals surface area contributed by atoms with Gasteiger partial charge < -0.3 is 5.73 Å². The van der Waals surface area contributed by atoms with Gasteiger partial charge in [-0.05, 0) is 6.07 Å². The van der Waals surface area contributed by atoms with Crippen LogP contribution in [0.25, 0.3) is 0 Å². The third-order valence-electron chi connectivity index (χ3n) is 1.78. The fourth-order valence-corrected chi connectivity index (χ4v) is 2.13. The zero-order valence-corrected chi connectivity index (χ0v) is 10.3. The van der Waals surface area contributed by atoms with Gasteiger partial charge in [0, 0.05) is 25.2 Å². The molecule has 0 saturated carbocycles. The molecule has 0 saturated heterocycles. The molecule has 1 aromatic carbocycles. The van der Waals surface area contributed by atoms with E-state index >= 15 is 0 Å². The van der Waals surface area contributed by atoms with Crippen molar-refractivity contribution >= 4 is 28.1 Å². The lowest BCUT2D eigenvalue weighted by atomic mass is 10.3. The van der Waals surface area contributed by atoms with Gasteiger partial charge in [-0.15, -0.1) is 12.4 Å². The maximum atomic E-state index is 11.6. The average molecular weight is 282 g/mol. The number of non-ortho nitro benzene ring substituents is 1. The van der Waals surface area contributed by atoms with E-state index in [9.17, 15) is 18.5 Å². The maximum Gasteiger partial charge on any atom is 0.270 e. The highest BCUT2D eigenvalue weighted by molar-refractivity contribution is 7.89. The van der Waals surface area contributed by atoms with Crippen molar-refractivity contribution in [1.29, 1.82) is 0 Å². The van der Waals surface area contributed by atoms with Gasteiger partial charge in [0.2, 0.25) is 10.0 Å². The number of nitrogens with two attached hydrogens (primary N) is 1. The van der Waals surface area contributed by atoms with E-state index in [1.54, 1.807) is 0 Å². The molecule has 17 heavy (non-hydrogen) atoms. The van der Waals surface area contributed by atoms with E-state index in [0.29, 0.717) is 0 Å². The van der Waals surface area contributed by atoms with Crippen LogP contribution in [-0.4, -0.2) is 26.4 Å². The third-order valence-corrected chi connectivity index (χ3v) is 3.23. The fourth-order valence-electron chi connectivity index (χ4n) is 1.04. The molecule has 96 valence electrons. The quantitative estimate of drug-likeness (QED) is 0.593. The summed E-state index contributed by atoms with van der Waals surface area (Å²) in [6, 6.07) is 4.82. The Morgan fingerprint density at radius 3 is 2.59 bits per heavy atom. The first-order valence-corrected chi connectivity index (χ1v) is 5.90. The summed E-state index contributed by atoms with van der Waals surface area (Å²) in [5.41, 5.74) is 4.89. The van der Waals surface area contributed by atoms with Gasteiger partial charge in [0.15, 0.2) is 0 Å². The zero-order valence-electron chi connectivity index (χ0n) is 8.70. The number of hydrogen-bond donors (Lipinski definition) is 2. The molecule has 3 N–H and O–H groups in total. The Bertz CT molecular complexity index is 491. The number of halogens is 1. The predicted octanol–water partition coefficient (Wildman–Crippen LogP) is 0.254. The van der Waals surface area contributed by atoms with E-state index in [0.717, 1.165) is 6.07 Å². The first-order chi connectivity index (χ1) is 7.47. The summed E-state index contributed by atoms with van der Waals surface area (Å²) in [5.74, 6) is 0. The molecule has 0 unspecified atom stereocenters. The van der Waals surface area contributed by atoms with Crippen molar-refractivity contribution in [2.75, 3.05) is 13.1 Å². The Kier molecular flexibility index (Phi) is 6.03. The van der Waals surface area contributed by atoms with E-state index in [1.165, 1.54) is 18.2 Å². The third kappa shape index (κ3) is 4.27. The van der Waals surface area contributed by atoms with Gasteiger partial charge in [-0.25, -0.2) is 13.1 Å². The summed E-state index contributed by atoms with van der Waals surface area (Å²) in [7, 11) is -3.71. The van der Waals surface area contributed by atoms with Crippen molar-refractivity contribution in [3.63, 3.8) is 0 Å². The summed E-state index contributed by atoms with van der Waals surface area (Å²) < 4.78 is 25.4. The lowest BCUT2D eigenvalue weighted by Gasteiger charge is -2.04. The first kappa shape index (κ1) is 15.8. The van der Waals surface area contributed by atoms with Crippen molar-refractivity contribution in [1.82, 2.24) is 4.72 Å². The highest BCUT2D eigenvalue weighted by Gasteiger charge is 2.16. The lowest BCUT2D eigenvalue weighted by Crippen LogP contribution is -2.29. The molecule has 0 amide bonds. The van der Waals surface area contributed by atoms with Gasteiger partial charge in [-0.3, -0.25) is 10.1 Å². The van der Waals surface area contributed by atoms with Gasteiger partial charge in [0.1, 0.15) is 0 Å². The van der Waals surface area contributed by atoms with Crippen LogP contribution in [0.1, 0.15) is 0 Å². The van der Waals surface area contributed by atoms with E-state index in [4.69, 9.17) is 5.73 Å². The molecule has 0 heterocycles. The largest absolute Gasteiger partial charge is 0.329 e. The molecule has 0 aliphatic rings. The monoisotopic (exact) mass is 281 g/mol. The number of rotatable bonds is 5.